The van der Waals surface area contributed by atoms with Gasteiger partial charge in [0.1, 0.15) is 5.75 Å². The molecule has 0 saturated heterocycles. The van der Waals surface area contributed by atoms with Crippen LogP contribution in [0, 0.1) is 0 Å². The number of primary amides is 1. The van der Waals surface area contributed by atoms with Crippen molar-refractivity contribution < 1.29 is 14.3 Å². The minimum atomic E-state index is -0.535. The lowest BCUT2D eigenvalue weighted by Crippen LogP contribution is -2.20. The molecule has 0 bridgehead atoms. The molecule has 0 fully saturated rings. The first-order valence-corrected chi connectivity index (χ1v) is 7.95. The summed E-state index contributed by atoms with van der Waals surface area (Å²) < 4.78 is 5.17. The van der Waals surface area contributed by atoms with Gasteiger partial charge >= 0.3 is 0 Å². The van der Waals surface area contributed by atoms with Crippen LogP contribution in [-0.2, 0) is 4.79 Å². The molecule has 0 radical (unpaired) electrons. The molecule has 130 valence electrons. The molecule has 0 aromatic heterocycles. The summed E-state index contributed by atoms with van der Waals surface area (Å²) in [7, 11) is 0. The van der Waals surface area contributed by atoms with E-state index in [1.54, 1.807) is 30.3 Å². The largest absolute Gasteiger partial charge is 0.484 e. The first-order chi connectivity index (χ1) is 12.6. The second-order valence-corrected chi connectivity index (χ2v) is 5.59. The molecule has 3 aromatic rings. The van der Waals surface area contributed by atoms with E-state index in [0.29, 0.717) is 11.3 Å². The van der Waals surface area contributed by atoms with Gasteiger partial charge in [0.05, 0.1) is 6.21 Å². The summed E-state index contributed by atoms with van der Waals surface area (Å²) in [5.41, 5.74) is 8.83. The Hall–Kier alpha value is -3.67. The van der Waals surface area contributed by atoms with E-state index >= 15 is 0 Å². The number of rotatable bonds is 6. The fraction of sp³-hybridized carbons (Fsp3) is 0.0500. The average Bonchev–Trinajstić information content (AvgIpc) is 2.67. The van der Waals surface area contributed by atoms with Crippen LogP contribution in [0.2, 0.25) is 0 Å². The summed E-state index contributed by atoms with van der Waals surface area (Å²) in [5.74, 6) is -0.290. The van der Waals surface area contributed by atoms with Crippen molar-refractivity contribution in [2.75, 3.05) is 6.61 Å². The van der Waals surface area contributed by atoms with E-state index in [1.165, 1.54) is 6.21 Å². The fourth-order valence-electron chi connectivity index (χ4n) is 2.37. The number of benzene rings is 3. The molecule has 0 saturated carbocycles. The summed E-state index contributed by atoms with van der Waals surface area (Å²) >= 11 is 0. The van der Waals surface area contributed by atoms with Crippen molar-refractivity contribution in [2.45, 2.75) is 0 Å². The summed E-state index contributed by atoms with van der Waals surface area (Å²) in [6.07, 6.45) is 1.52. The maximum atomic E-state index is 12.2. The molecule has 0 heterocycles. The van der Waals surface area contributed by atoms with E-state index in [4.69, 9.17) is 10.5 Å². The van der Waals surface area contributed by atoms with Crippen LogP contribution < -0.4 is 15.9 Å². The zero-order chi connectivity index (χ0) is 18.4. The molecule has 0 atom stereocenters. The number of hydrogen-bond donors (Lipinski definition) is 2. The van der Waals surface area contributed by atoms with Gasteiger partial charge in [-0.15, -0.1) is 0 Å². The van der Waals surface area contributed by atoms with Gasteiger partial charge in [0.2, 0.25) is 0 Å². The maximum absolute atomic E-state index is 12.2. The molecule has 3 aromatic carbocycles. The standard InChI is InChI=1S/C20H17N3O3/c21-19(24)13-26-18-9-5-14(6-10-18)12-22-23-20(25)17-8-7-15-3-1-2-4-16(15)11-17/h1-12H,13H2,(H2,21,24)(H,23,25)/b22-12-. The van der Waals surface area contributed by atoms with Crippen LogP contribution in [0.15, 0.2) is 71.8 Å². The Morgan fingerprint density at radius 1 is 1.00 bits per heavy atom. The van der Waals surface area contributed by atoms with Crippen LogP contribution in [0.1, 0.15) is 15.9 Å². The van der Waals surface area contributed by atoms with Crippen molar-refractivity contribution in [3.8, 4) is 5.75 Å². The van der Waals surface area contributed by atoms with Crippen molar-refractivity contribution in [1.29, 1.82) is 0 Å². The average molecular weight is 347 g/mol. The summed E-state index contributed by atoms with van der Waals surface area (Å²) in [5, 5.41) is 6.03. The van der Waals surface area contributed by atoms with Gasteiger partial charge in [0, 0.05) is 5.56 Å². The monoisotopic (exact) mass is 347 g/mol. The van der Waals surface area contributed by atoms with E-state index in [1.807, 2.05) is 36.4 Å². The Kier molecular flexibility index (Phi) is 5.24. The lowest BCUT2D eigenvalue weighted by atomic mass is 10.1. The molecule has 26 heavy (non-hydrogen) atoms. The van der Waals surface area contributed by atoms with E-state index in [0.717, 1.165) is 16.3 Å². The van der Waals surface area contributed by atoms with Crippen molar-refractivity contribution in [3.63, 3.8) is 0 Å². The highest BCUT2D eigenvalue weighted by molar-refractivity contribution is 5.98. The molecular formula is C20H17N3O3. The molecule has 0 unspecified atom stereocenters. The number of amides is 2. The third kappa shape index (κ3) is 4.45. The van der Waals surface area contributed by atoms with Gasteiger partial charge in [-0.2, -0.15) is 5.10 Å². The first-order valence-electron chi connectivity index (χ1n) is 7.95. The van der Waals surface area contributed by atoms with Gasteiger partial charge in [-0.3, -0.25) is 9.59 Å². The molecule has 0 spiro atoms. The van der Waals surface area contributed by atoms with Gasteiger partial charge < -0.3 is 10.5 Å². The van der Waals surface area contributed by atoms with Gasteiger partial charge in [0.15, 0.2) is 6.61 Å². The van der Waals surface area contributed by atoms with Crippen molar-refractivity contribution >= 4 is 28.8 Å². The normalized spacial score (nSPS) is 10.8. The van der Waals surface area contributed by atoms with Gasteiger partial charge in [-0.1, -0.05) is 30.3 Å². The van der Waals surface area contributed by atoms with Crippen LogP contribution in [0.3, 0.4) is 0 Å². The van der Waals surface area contributed by atoms with Gasteiger partial charge in [-0.05, 0) is 52.7 Å². The zero-order valence-electron chi connectivity index (χ0n) is 13.9. The number of nitrogens with two attached hydrogens (primary N) is 1. The predicted molar refractivity (Wildman–Crippen MR) is 100 cm³/mol. The summed E-state index contributed by atoms with van der Waals surface area (Å²) in [6.45, 7) is -0.171. The molecule has 6 nitrogen and oxygen atoms in total. The van der Waals surface area contributed by atoms with Crippen LogP contribution in [0.5, 0.6) is 5.75 Å². The first kappa shape index (κ1) is 17.2. The third-order valence-electron chi connectivity index (χ3n) is 3.65. The smallest absolute Gasteiger partial charge is 0.271 e. The van der Waals surface area contributed by atoms with Gasteiger partial charge in [0.25, 0.3) is 11.8 Å². The molecule has 3 N–H and O–H groups in total. The number of fused-ring (bicyclic) bond motifs is 1. The van der Waals surface area contributed by atoms with Crippen molar-refractivity contribution in [1.82, 2.24) is 5.43 Å². The number of ether oxygens (including phenoxy) is 1. The molecule has 0 aliphatic rings. The molecule has 6 heteroatoms. The van der Waals surface area contributed by atoms with Crippen LogP contribution >= 0.6 is 0 Å². The minimum Gasteiger partial charge on any atom is -0.484 e. The van der Waals surface area contributed by atoms with Gasteiger partial charge in [-0.25, -0.2) is 5.43 Å². The molecule has 0 aliphatic heterocycles. The maximum Gasteiger partial charge on any atom is 0.271 e. The van der Waals surface area contributed by atoms with E-state index < -0.39 is 5.91 Å². The summed E-state index contributed by atoms with van der Waals surface area (Å²) in [6, 6.07) is 20.2. The second kappa shape index (κ2) is 7.94. The second-order valence-electron chi connectivity index (χ2n) is 5.59. The lowest BCUT2D eigenvalue weighted by molar-refractivity contribution is -0.119. The van der Waals surface area contributed by atoms with Crippen LogP contribution in [0.25, 0.3) is 10.8 Å². The molecule has 0 aliphatic carbocycles. The van der Waals surface area contributed by atoms with E-state index in [2.05, 4.69) is 10.5 Å². The quantitative estimate of drug-likeness (QED) is 0.530. The van der Waals surface area contributed by atoms with Crippen LogP contribution in [0.4, 0.5) is 0 Å². The minimum absolute atomic E-state index is 0.171. The topological polar surface area (TPSA) is 93.8 Å². The number of hydrogen-bond acceptors (Lipinski definition) is 4. The number of carbonyl (C=O) groups excluding carboxylic acids is 2. The van der Waals surface area contributed by atoms with E-state index in [-0.39, 0.29) is 12.5 Å². The Labute approximate surface area is 150 Å². The third-order valence-corrected chi connectivity index (χ3v) is 3.65. The Bertz CT molecular complexity index is 965. The predicted octanol–water partition coefficient (Wildman–Crippen LogP) is 2.47. The Morgan fingerprint density at radius 3 is 2.46 bits per heavy atom. The fourth-order valence-corrected chi connectivity index (χ4v) is 2.37. The van der Waals surface area contributed by atoms with Crippen molar-refractivity contribution in [3.05, 3.63) is 77.9 Å². The lowest BCUT2D eigenvalue weighted by Gasteiger charge is -2.04. The zero-order valence-corrected chi connectivity index (χ0v) is 13.9. The molecule has 3 rings (SSSR count). The van der Waals surface area contributed by atoms with Crippen LogP contribution in [-0.4, -0.2) is 24.6 Å². The Balaban J connectivity index is 1.60. The van der Waals surface area contributed by atoms with Crippen molar-refractivity contribution in [2.24, 2.45) is 10.8 Å². The highest BCUT2D eigenvalue weighted by atomic mass is 16.5. The number of carbonyl (C=O) groups is 2. The Morgan fingerprint density at radius 2 is 1.73 bits per heavy atom. The summed E-state index contributed by atoms with van der Waals surface area (Å²) in [4.78, 5) is 22.9. The molecular weight excluding hydrogens is 330 g/mol. The van der Waals surface area contributed by atoms with E-state index in [9.17, 15) is 9.59 Å². The highest BCUT2D eigenvalue weighted by Crippen LogP contribution is 2.15. The number of hydrazone groups is 1. The number of nitrogens with one attached hydrogen (secondary N) is 1. The SMILES string of the molecule is NC(=O)COc1ccc(/C=N\NC(=O)c2ccc3ccccc3c2)cc1. The highest BCUT2D eigenvalue weighted by Gasteiger charge is 2.05. The molecule has 2 amide bonds. The number of nitrogens with zero attached hydrogens (tertiary/aromatic N) is 1.